The molecule has 45 heavy (non-hydrogen) atoms. The van der Waals surface area contributed by atoms with Crippen molar-refractivity contribution < 1.29 is 28.2 Å². The number of carboxylic acid groups (broad SMARTS) is 1. The van der Waals surface area contributed by atoms with E-state index in [0.29, 0.717) is 29.8 Å². The number of fused-ring (bicyclic) bond motifs is 1. The number of aromatic nitrogens is 1. The fourth-order valence-electron chi connectivity index (χ4n) is 5.44. The van der Waals surface area contributed by atoms with E-state index in [1.54, 1.807) is 30.3 Å². The van der Waals surface area contributed by atoms with Gasteiger partial charge in [0.1, 0.15) is 17.4 Å². The van der Waals surface area contributed by atoms with E-state index in [1.165, 1.54) is 12.1 Å². The van der Waals surface area contributed by atoms with E-state index in [0.717, 1.165) is 40.1 Å². The Bertz CT molecular complexity index is 1830. The number of anilines is 1. The molecule has 8 heteroatoms. The number of allylic oxidation sites excluding steroid dienone is 1. The van der Waals surface area contributed by atoms with E-state index in [2.05, 4.69) is 5.32 Å². The predicted molar refractivity (Wildman–Crippen MR) is 172 cm³/mol. The summed E-state index contributed by atoms with van der Waals surface area (Å²) in [6, 6.07) is 27.6. The summed E-state index contributed by atoms with van der Waals surface area (Å²) in [7, 11) is 0. The molecule has 4 aromatic carbocycles. The summed E-state index contributed by atoms with van der Waals surface area (Å²) >= 11 is 0. The Balaban J connectivity index is 1.43. The van der Waals surface area contributed by atoms with Crippen molar-refractivity contribution in [3.05, 3.63) is 138 Å². The number of nitrogens with one attached hydrogen (secondary N) is 1. The zero-order valence-electron chi connectivity index (χ0n) is 24.9. The van der Waals surface area contributed by atoms with Crippen LogP contribution in [0.25, 0.3) is 16.5 Å². The number of nitrogens with zero attached hydrogens (tertiary/aromatic N) is 1. The summed E-state index contributed by atoms with van der Waals surface area (Å²) in [6.07, 6.45) is 5.33. The number of benzene rings is 4. The number of carbonyl (C=O) groups excluding carboxylic acids is 1. The number of ether oxygens (including phenoxy) is 1. The fourth-order valence-corrected chi connectivity index (χ4v) is 5.44. The van der Waals surface area contributed by atoms with Gasteiger partial charge in [0.2, 0.25) is 5.91 Å². The summed E-state index contributed by atoms with van der Waals surface area (Å²) in [4.78, 5) is 24.0. The molecule has 1 heterocycles. The monoisotopic (exact) mass is 608 g/mol. The van der Waals surface area contributed by atoms with Crippen molar-refractivity contribution in [2.24, 2.45) is 0 Å². The molecule has 2 N–H and O–H groups in total. The molecule has 0 bridgehead atoms. The van der Waals surface area contributed by atoms with Gasteiger partial charge in [0, 0.05) is 41.2 Å². The second-order valence-electron chi connectivity index (χ2n) is 10.7. The summed E-state index contributed by atoms with van der Waals surface area (Å²) in [5, 5.41) is 12.7. The number of hydrogen-bond acceptors (Lipinski definition) is 3. The Hall–Kier alpha value is -5.24. The van der Waals surface area contributed by atoms with E-state index >= 15 is 4.39 Å². The van der Waals surface area contributed by atoms with Crippen molar-refractivity contribution in [1.82, 2.24) is 4.57 Å². The van der Waals surface area contributed by atoms with Crippen LogP contribution in [0.3, 0.4) is 0 Å². The minimum Gasteiger partial charge on any atom is -0.491 e. The van der Waals surface area contributed by atoms with Gasteiger partial charge in [-0.15, -0.1) is 0 Å². The van der Waals surface area contributed by atoms with Crippen LogP contribution in [0.2, 0.25) is 0 Å². The molecule has 0 spiro atoms. The molecule has 0 saturated heterocycles. The average Bonchev–Trinajstić information content (AvgIpc) is 3.44. The highest BCUT2D eigenvalue weighted by atomic mass is 19.1. The van der Waals surface area contributed by atoms with Crippen LogP contribution in [-0.2, 0) is 9.59 Å². The van der Waals surface area contributed by atoms with Crippen LogP contribution in [0.1, 0.15) is 55.3 Å². The zero-order chi connectivity index (χ0) is 31.8. The minimum absolute atomic E-state index is 0.00139. The number of carboxylic acids is 1. The third-order valence-corrected chi connectivity index (χ3v) is 7.50. The van der Waals surface area contributed by atoms with Gasteiger partial charge >= 0.3 is 5.97 Å². The molecule has 1 atom stereocenters. The normalized spacial score (nSPS) is 12.2. The van der Waals surface area contributed by atoms with Crippen LogP contribution in [0.5, 0.6) is 5.75 Å². The lowest BCUT2D eigenvalue weighted by Crippen LogP contribution is -2.13. The molecule has 5 rings (SSSR count). The number of carbonyl (C=O) groups is 2. The maximum atomic E-state index is 15.1. The standard InChI is InChI=1S/C37H34F2N2O4/c1-2-9-26(23-35(42)40-32-12-6-7-13-34(32)45-21-8-14-36(43)44)27-15-18-33-28(22-27)19-20-41(33)37(25-10-4-3-5-11-25)30-17-16-29(38)24-31(30)39/h3-7,10-13,15-20,22-24,37H,2,8-9,14,21H2,1H3,(H,40,42)(H,43,44)/b26-23-. The van der Waals surface area contributed by atoms with Crippen LogP contribution >= 0.6 is 0 Å². The molecule has 0 aliphatic rings. The van der Waals surface area contributed by atoms with Crippen LogP contribution in [-0.4, -0.2) is 28.2 Å². The van der Waals surface area contributed by atoms with Crippen molar-refractivity contribution >= 4 is 34.0 Å². The molecule has 1 unspecified atom stereocenters. The molecule has 0 aliphatic heterocycles. The van der Waals surface area contributed by atoms with Gasteiger partial charge in [-0.25, -0.2) is 8.78 Å². The Morgan fingerprint density at radius 2 is 1.71 bits per heavy atom. The van der Waals surface area contributed by atoms with Gasteiger partial charge < -0.3 is 19.7 Å². The Morgan fingerprint density at radius 3 is 2.47 bits per heavy atom. The first kappa shape index (κ1) is 31.2. The molecule has 5 aromatic rings. The molecule has 6 nitrogen and oxygen atoms in total. The van der Waals surface area contributed by atoms with Gasteiger partial charge in [-0.2, -0.15) is 0 Å². The fraction of sp³-hybridized carbons (Fsp3) is 0.189. The van der Waals surface area contributed by atoms with E-state index in [1.807, 2.05) is 72.3 Å². The highest BCUT2D eigenvalue weighted by molar-refractivity contribution is 6.05. The molecular formula is C37H34F2N2O4. The number of amides is 1. The van der Waals surface area contributed by atoms with Gasteiger partial charge in [-0.1, -0.05) is 67.9 Å². The Kier molecular flexibility index (Phi) is 10.0. The van der Waals surface area contributed by atoms with E-state index in [4.69, 9.17) is 9.84 Å². The Morgan fingerprint density at radius 1 is 0.933 bits per heavy atom. The summed E-state index contributed by atoms with van der Waals surface area (Å²) in [5.74, 6) is -1.98. The second-order valence-corrected chi connectivity index (χ2v) is 10.7. The highest BCUT2D eigenvalue weighted by Gasteiger charge is 2.22. The van der Waals surface area contributed by atoms with Gasteiger partial charge in [0.25, 0.3) is 0 Å². The number of halogens is 2. The van der Waals surface area contributed by atoms with Gasteiger partial charge in [-0.05, 0) is 65.9 Å². The van der Waals surface area contributed by atoms with E-state index < -0.39 is 23.6 Å². The zero-order valence-corrected chi connectivity index (χ0v) is 24.9. The third kappa shape index (κ3) is 7.65. The van der Waals surface area contributed by atoms with E-state index in [9.17, 15) is 14.0 Å². The van der Waals surface area contributed by atoms with Crippen molar-refractivity contribution in [2.45, 2.75) is 38.6 Å². The molecule has 0 aliphatic carbocycles. The first-order chi connectivity index (χ1) is 21.8. The number of rotatable bonds is 13. The number of para-hydroxylation sites is 2. The van der Waals surface area contributed by atoms with Gasteiger partial charge in [-0.3, -0.25) is 9.59 Å². The predicted octanol–water partition coefficient (Wildman–Crippen LogP) is 8.62. The summed E-state index contributed by atoms with van der Waals surface area (Å²) in [5.41, 5.74) is 4.33. The van der Waals surface area contributed by atoms with Crippen molar-refractivity contribution in [1.29, 1.82) is 0 Å². The molecule has 230 valence electrons. The minimum atomic E-state index is -0.888. The lowest BCUT2D eigenvalue weighted by Gasteiger charge is -2.22. The maximum Gasteiger partial charge on any atom is 0.303 e. The van der Waals surface area contributed by atoms with Crippen LogP contribution in [0.4, 0.5) is 14.5 Å². The first-order valence-electron chi connectivity index (χ1n) is 14.9. The van der Waals surface area contributed by atoms with Crippen molar-refractivity contribution in [2.75, 3.05) is 11.9 Å². The maximum absolute atomic E-state index is 15.1. The second kappa shape index (κ2) is 14.5. The lowest BCUT2D eigenvalue weighted by atomic mass is 9.97. The van der Waals surface area contributed by atoms with Gasteiger partial charge in [0.05, 0.1) is 18.3 Å². The number of hydrogen-bond donors (Lipinski definition) is 2. The van der Waals surface area contributed by atoms with Crippen molar-refractivity contribution in [3.63, 3.8) is 0 Å². The molecule has 0 saturated carbocycles. The van der Waals surface area contributed by atoms with Gasteiger partial charge in [0.15, 0.2) is 0 Å². The quantitative estimate of drug-likeness (QED) is 0.104. The number of aliphatic carboxylic acids is 1. The summed E-state index contributed by atoms with van der Waals surface area (Å²) in [6.45, 7) is 2.26. The molecular weight excluding hydrogens is 574 g/mol. The Labute approximate surface area is 260 Å². The van der Waals surface area contributed by atoms with E-state index in [-0.39, 0.29) is 18.9 Å². The van der Waals surface area contributed by atoms with Crippen LogP contribution in [0, 0.1) is 11.6 Å². The average molecular weight is 609 g/mol. The van der Waals surface area contributed by atoms with Crippen LogP contribution in [0.15, 0.2) is 109 Å². The highest BCUT2D eigenvalue weighted by Crippen LogP contribution is 2.34. The first-order valence-corrected chi connectivity index (χ1v) is 14.9. The molecule has 1 aromatic heterocycles. The van der Waals surface area contributed by atoms with Crippen LogP contribution < -0.4 is 10.1 Å². The molecule has 0 radical (unpaired) electrons. The lowest BCUT2D eigenvalue weighted by molar-refractivity contribution is -0.137. The molecule has 0 fully saturated rings. The topological polar surface area (TPSA) is 80.6 Å². The smallest absolute Gasteiger partial charge is 0.303 e. The molecule has 1 amide bonds. The SMILES string of the molecule is CCC/C(=C/C(=O)Nc1ccccc1OCCCC(=O)O)c1ccc2c(ccn2C(c2ccccc2)c2ccc(F)cc2F)c1. The largest absolute Gasteiger partial charge is 0.491 e. The third-order valence-electron chi connectivity index (χ3n) is 7.50. The van der Waals surface area contributed by atoms with Crippen molar-refractivity contribution in [3.8, 4) is 5.75 Å². The summed E-state index contributed by atoms with van der Waals surface area (Å²) < 4.78 is 36.6.